The first-order chi connectivity index (χ1) is 13.0. The monoisotopic (exact) mass is 431 g/mol. The summed E-state index contributed by atoms with van der Waals surface area (Å²) in [5.41, 5.74) is 0.775. The first-order valence-corrected chi connectivity index (χ1v) is 8.94. The van der Waals surface area contributed by atoms with Crippen molar-refractivity contribution >= 4 is 21.8 Å². The third kappa shape index (κ3) is 5.07. The summed E-state index contributed by atoms with van der Waals surface area (Å²) in [6.07, 6.45) is 0. The van der Waals surface area contributed by atoms with Crippen LogP contribution in [0.4, 0.5) is 0 Å². The number of ether oxygens (including phenoxy) is 2. The number of nitrogens with zero attached hydrogens (tertiary/aromatic N) is 3. The lowest BCUT2D eigenvalue weighted by atomic mass is 10.2. The van der Waals surface area contributed by atoms with Gasteiger partial charge in [-0.2, -0.15) is 4.98 Å². The zero-order chi connectivity index (χ0) is 19.2. The molecule has 0 atom stereocenters. The number of amides is 1. The number of aromatic nitrogens is 2. The molecule has 3 rings (SSSR count). The number of carbonyl (C=O) groups is 1. The van der Waals surface area contributed by atoms with Crippen molar-refractivity contribution < 1.29 is 18.8 Å². The number of rotatable bonds is 7. The van der Waals surface area contributed by atoms with Crippen molar-refractivity contribution in [3.63, 3.8) is 0 Å². The van der Waals surface area contributed by atoms with Crippen LogP contribution >= 0.6 is 15.9 Å². The van der Waals surface area contributed by atoms with Gasteiger partial charge in [0.15, 0.2) is 6.61 Å². The van der Waals surface area contributed by atoms with Crippen molar-refractivity contribution in [3.05, 3.63) is 58.9 Å². The fourth-order valence-electron chi connectivity index (χ4n) is 2.28. The zero-order valence-corrected chi connectivity index (χ0v) is 16.5. The van der Waals surface area contributed by atoms with Gasteiger partial charge in [0.1, 0.15) is 11.5 Å². The molecule has 0 aliphatic carbocycles. The molecule has 0 saturated heterocycles. The second kappa shape index (κ2) is 8.68. The Morgan fingerprint density at radius 3 is 2.70 bits per heavy atom. The molecule has 140 valence electrons. The van der Waals surface area contributed by atoms with Gasteiger partial charge in [-0.1, -0.05) is 33.2 Å². The van der Waals surface area contributed by atoms with E-state index in [1.807, 2.05) is 36.4 Å². The fraction of sp³-hybridized carbons (Fsp3) is 0.211. The molecule has 0 radical (unpaired) electrons. The van der Waals surface area contributed by atoms with Gasteiger partial charge in [0.2, 0.25) is 11.7 Å². The Morgan fingerprint density at radius 2 is 1.96 bits per heavy atom. The Labute approximate surface area is 165 Å². The van der Waals surface area contributed by atoms with Crippen LogP contribution in [0.15, 0.2) is 57.5 Å². The minimum atomic E-state index is -0.195. The van der Waals surface area contributed by atoms with E-state index in [4.69, 9.17) is 14.0 Å². The van der Waals surface area contributed by atoms with Gasteiger partial charge in [0, 0.05) is 17.1 Å². The average Bonchev–Trinajstić information content (AvgIpc) is 3.15. The number of hydrogen-bond acceptors (Lipinski definition) is 6. The van der Waals surface area contributed by atoms with E-state index in [0.29, 0.717) is 23.2 Å². The van der Waals surface area contributed by atoms with Crippen LogP contribution in [0.25, 0.3) is 11.4 Å². The molecule has 8 heteroatoms. The van der Waals surface area contributed by atoms with E-state index in [9.17, 15) is 4.79 Å². The van der Waals surface area contributed by atoms with Crippen molar-refractivity contribution in [2.45, 2.75) is 6.54 Å². The minimum absolute atomic E-state index is 0.0744. The quantitative estimate of drug-likeness (QED) is 0.569. The Kier molecular flexibility index (Phi) is 6.08. The Bertz CT molecular complexity index is 911. The molecule has 0 N–H and O–H groups in total. The highest BCUT2D eigenvalue weighted by molar-refractivity contribution is 9.10. The molecule has 0 saturated carbocycles. The van der Waals surface area contributed by atoms with E-state index in [0.717, 1.165) is 10.0 Å². The first kappa shape index (κ1) is 18.9. The van der Waals surface area contributed by atoms with Crippen LogP contribution in [0.3, 0.4) is 0 Å². The van der Waals surface area contributed by atoms with Gasteiger partial charge >= 0.3 is 0 Å². The van der Waals surface area contributed by atoms with Gasteiger partial charge in [-0.3, -0.25) is 4.79 Å². The van der Waals surface area contributed by atoms with Gasteiger partial charge in [-0.25, -0.2) is 0 Å². The first-order valence-electron chi connectivity index (χ1n) is 8.14. The molecular formula is C19H18BrN3O4. The van der Waals surface area contributed by atoms with Gasteiger partial charge in [-0.15, -0.1) is 0 Å². The van der Waals surface area contributed by atoms with Crippen molar-refractivity contribution in [2.75, 3.05) is 20.8 Å². The van der Waals surface area contributed by atoms with Gasteiger partial charge < -0.3 is 18.9 Å². The number of likely N-dealkylation sites (N-methyl/N-ethyl adjacent to an activating group) is 1. The number of carbonyl (C=O) groups excluding carboxylic acids is 1. The number of halogens is 1. The maximum absolute atomic E-state index is 12.2. The lowest BCUT2D eigenvalue weighted by Crippen LogP contribution is -2.31. The molecule has 7 nitrogen and oxygen atoms in total. The summed E-state index contributed by atoms with van der Waals surface area (Å²) in [4.78, 5) is 18.0. The van der Waals surface area contributed by atoms with Crippen LogP contribution in [-0.2, 0) is 11.3 Å². The second-order valence-electron chi connectivity index (χ2n) is 5.74. The van der Waals surface area contributed by atoms with Crippen LogP contribution < -0.4 is 9.47 Å². The molecule has 27 heavy (non-hydrogen) atoms. The minimum Gasteiger partial charge on any atom is -0.497 e. The van der Waals surface area contributed by atoms with Crippen LogP contribution in [0.1, 0.15) is 5.89 Å². The zero-order valence-electron chi connectivity index (χ0n) is 14.9. The van der Waals surface area contributed by atoms with Crippen molar-refractivity contribution in [3.8, 4) is 22.9 Å². The van der Waals surface area contributed by atoms with Crippen molar-refractivity contribution in [1.29, 1.82) is 0 Å². The normalized spacial score (nSPS) is 10.5. The van der Waals surface area contributed by atoms with E-state index in [-0.39, 0.29) is 19.1 Å². The Balaban J connectivity index is 1.57. The molecule has 0 bridgehead atoms. The SMILES string of the molecule is COc1cccc(-c2noc(CN(C)C(=O)COc3ccc(Br)cc3)n2)c1. The average molecular weight is 432 g/mol. The van der Waals surface area contributed by atoms with E-state index >= 15 is 0 Å². The largest absolute Gasteiger partial charge is 0.497 e. The maximum Gasteiger partial charge on any atom is 0.260 e. The number of benzene rings is 2. The summed E-state index contributed by atoms with van der Waals surface area (Å²) >= 11 is 3.35. The molecule has 1 heterocycles. The summed E-state index contributed by atoms with van der Waals surface area (Å²) in [6.45, 7) is 0.120. The third-order valence-electron chi connectivity index (χ3n) is 3.77. The predicted molar refractivity (Wildman–Crippen MR) is 102 cm³/mol. The van der Waals surface area contributed by atoms with Crippen molar-refractivity contribution in [1.82, 2.24) is 15.0 Å². The molecule has 0 unspecified atom stereocenters. The second-order valence-corrected chi connectivity index (χ2v) is 6.65. The number of hydrogen-bond donors (Lipinski definition) is 0. The Hall–Kier alpha value is -2.87. The van der Waals surface area contributed by atoms with Crippen molar-refractivity contribution in [2.24, 2.45) is 0 Å². The van der Waals surface area contributed by atoms with Crippen LogP contribution in [0, 0.1) is 0 Å². The van der Waals surface area contributed by atoms with E-state index in [2.05, 4.69) is 26.1 Å². The standard InChI is InChI=1S/C19H18BrN3O4/c1-23(18(24)12-26-15-8-6-14(20)7-9-15)11-17-21-19(22-27-17)13-4-3-5-16(10-13)25-2/h3-10H,11-12H2,1-2H3. The summed E-state index contributed by atoms with van der Waals surface area (Å²) in [6, 6.07) is 14.6. The highest BCUT2D eigenvalue weighted by atomic mass is 79.9. The molecule has 3 aromatic rings. The molecular weight excluding hydrogens is 414 g/mol. The molecule has 0 aliphatic rings. The summed E-state index contributed by atoms with van der Waals surface area (Å²) in [7, 11) is 3.25. The third-order valence-corrected chi connectivity index (χ3v) is 4.30. The molecule has 0 spiro atoms. The molecule has 0 fully saturated rings. The highest BCUT2D eigenvalue weighted by Crippen LogP contribution is 2.21. The van der Waals surface area contributed by atoms with E-state index in [1.165, 1.54) is 4.90 Å². The van der Waals surface area contributed by atoms with E-state index < -0.39 is 0 Å². The smallest absolute Gasteiger partial charge is 0.260 e. The summed E-state index contributed by atoms with van der Waals surface area (Å²) < 4.78 is 16.9. The Morgan fingerprint density at radius 1 is 1.19 bits per heavy atom. The van der Waals surface area contributed by atoms with Crippen LogP contribution in [0.5, 0.6) is 11.5 Å². The molecule has 0 aliphatic heterocycles. The van der Waals surface area contributed by atoms with Gasteiger partial charge in [0.25, 0.3) is 5.91 Å². The van der Waals surface area contributed by atoms with E-state index in [1.54, 1.807) is 26.3 Å². The summed E-state index contributed by atoms with van der Waals surface area (Å²) in [5, 5.41) is 3.96. The van der Waals surface area contributed by atoms with Gasteiger partial charge in [-0.05, 0) is 36.4 Å². The number of methoxy groups -OCH3 is 1. The van der Waals surface area contributed by atoms with Crippen LogP contribution in [-0.4, -0.2) is 41.7 Å². The predicted octanol–water partition coefficient (Wildman–Crippen LogP) is 3.55. The summed E-state index contributed by atoms with van der Waals surface area (Å²) in [5.74, 6) is 1.91. The van der Waals surface area contributed by atoms with Crippen LogP contribution in [0.2, 0.25) is 0 Å². The topological polar surface area (TPSA) is 77.7 Å². The lowest BCUT2D eigenvalue weighted by molar-refractivity contribution is -0.132. The lowest BCUT2D eigenvalue weighted by Gasteiger charge is -2.15. The molecule has 1 amide bonds. The maximum atomic E-state index is 12.2. The molecule has 1 aromatic heterocycles. The fourth-order valence-corrected chi connectivity index (χ4v) is 2.54. The highest BCUT2D eigenvalue weighted by Gasteiger charge is 2.15. The van der Waals surface area contributed by atoms with Gasteiger partial charge in [0.05, 0.1) is 13.7 Å². The molecule has 2 aromatic carbocycles.